The van der Waals surface area contributed by atoms with Crippen molar-refractivity contribution in [3.63, 3.8) is 0 Å². The Morgan fingerprint density at radius 2 is 2.29 bits per heavy atom. The molecule has 2 N–H and O–H groups in total. The number of hydrogen-bond donors (Lipinski definition) is 2. The van der Waals surface area contributed by atoms with Crippen LogP contribution >= 0.6 is 38.9 Å². The van der Waals surface area contributed by atoms with Crippen LogP contribution in [0.5, 0.6) is 0 Å². The first-order chi connectivity index (χ1) is 9.66. The third kappa shape index (κ3) is 3.61. The van der Waals surface area contributed by atoms with E-state index >= 15 is 0 Å². The van der Waals surface area contributed by atoms with Crippen LogP contribution in [0.1, 0.15) is 32.6 Å². The first-order valence-corrected chi connectivity index (χ1v) is 9.85. The zero-order valence-corrected chi connectivity index (χ0v) is 15.2. The van der Waals surface area contributed by atoms with Crippen LogP contribution in [-0.2, 0) is 14.8 Å². The van der Waals surface area contributed by atoms with Gasteiger partial charge in [0.1, 0.15) is 9.75 Å². The minimum atomic E-state index is -3.92. The number of halogens is 2. The Morgan fingerprint density at radius 1 is 1.62 bits per heavy atom. The van der Waals surface area contributed by atoms with Gasteiger partial charge in [0.2, 0.25) is 0 Å². The van der Waals surface area contributed by atoms with Crippen LogP contribution < -0.4 is 4.72 Å². The second-order valence-electron chi connectivity index (χ2n) is 5.38. The Bertz CT molecular complexity index is 641. The lowest BCUT2D eigenvalue weighted by atomic mass is 9.77. The number of hydrogen-bond acceptors (Lipinski definition) is 4. The van der Waals surface area contributed by atoms with E-state index in [2.05, 4.69) is 20.7 Å². The maximum Gasteiger partial charge on any atom is 0.324 e. The van der Waals surface area contributed by atoms with Gasteiger partial charge in [-0.2, -0.15) is 4.72 Å². The summed E-state index contributed by atoms with van der Waals surface area (Å²) in [6.45, 7) is 1.93. The summed E-state index contributed by atoms with van der Waals surface area (Å²) in [5.41, 5.74) is -1.43. The van der Waals surface area contributed by atoms with E-state index in [1.54, 1.807) is 0 Å². The molecule has 1 aliphatic carbocycles. The van der Waals surface area contributed by atoms with Crippen LogP contribution in [-0.4, -0.2) is 25.0 Å². The summed E-state index contributed by atoms with van der Waals surface area (Å²) in [6, 6.07) is 1.32. The van der Waals surface area contributed by atoms with Crippen molar-refractivity contribution in [3.8, 4) is 0 Å². The number of carboxylic acids is 1. The number of rotatable bonds is 4. The van der Waals surface area contributed by atoms with Crippen LogP contribution in [0.2, 0.25) is 5.02 Å². The Kier molecular flexibility index (Phi) is 5.04. The quantitative estimate of drug-likeness (QED) is 0.787. The Morgan fingerprint density at radius 3 is 2.76 bits per heavy atom. The van der Waals surface area contributed by atoms with Gasteiger partial charge in [-0.05, 0) is 40.8 Å². The van der Waals surface area contributed by atoms with E-state index in [4.69, 9.17) is 11.6 Å². The molecule has 2 unspecified atom stereocenters. The second-order valence-corrected chi connectivity index (χ2v) is 10.1. The number of thiophene rings is 1. The second kappa shape index (κ2) is 6.16. The minimum Gasteiger partial charge on any atom is -0.480 e. The molecule has 1 fully saturated rings. The average Bonchev–Trinajstić information content (AvgIpc) is 2.69. The molecule has 1 aromatic heterocycles. The molecule has 2 rings (SSSR count). The normalized spacial score (nSPS) is 26.7. The SMILES string of the molecule is CC1CCCC(NS(=O)(=O)c2cc(Cl)c(Br)s2)(C(=O)O)C1. The van der Waals surface area contributed by atoms with Crippen LogP contribution in [0.3, 0.4) is 0 Å². The van der Waals surface area contributed by atoms with E-state index in [0.717, 1.165) is 17.8 Å². The lowest BCUT2D eigenvalue weighted by Crippen LogP contribution is -2.56. The molecule has 0 aromatic carbocycles. The van der Waals surface area contributed by atoms with Crippen LogP contribution in [0.4, 0.5) is 0 Å². The Balaban J connectivity index is 2.34. The smallest absolute Gasteiger partial charge is 0.324 e. The van der Waals surface area contributed by atoms with E-state index < -0.39 is 21.5 Å². The maximum atomic E-state index is 12.4. The fourth-order valence-corrected chi connectivity index (χ4v) is 6.45. The Hall–Kier alpha value is -0.150. The molecule has 5 nitrogen and oxygen atoms in total. The molecule has 1 aliphatic rings. The molecule has 1 saturated carbocycles. The minimum absolute atomic E-state index is 0.0122. The highest BCUT2D eigenvalue weighted by molar-refractivity contribution is 9.11. The van der Waals surface area contributed by atoms with Gasteiger partial charge in [0.05, 0.1) is 8.81 Å². The molecular weight excluding hydrogens is 402 g/mol. The van der Waals surface area contributed by atoms with Crippen molar-refractivity contribution in [1.82, 2.24) is 4.72 Å². The van der Waals surface area contributed by atoms with Gasteiger partial charge in [0.15, 0.2) is 0 Å². The van der Waals surface area contributed by atoms with Gasteiger partial charge >= 0.3 is 5.97 Å². The topological polar surface area (TPSA) is 83.5 Å². The monoisotopic (exact) mass is 415 g/mol. The van der Waals surface area contributed by atoms with Crippen molar-refractivity contribution in [3.05, 3.63) is 14.9 Å². The van der Waals surface area contributed by atoms with Crippen molar-refractivity contribution in [2.24, 2.45) is 5.92 Å². The number of aliphatic carboxylic acids is 1. The fourth-order valence-electron chi connectivity index (χ4n) is 2.65. The lowest BCUT2D eigenvalue weighted by molar-refractivity contribution is -0.146. The van der Waals surface area contributed by atoms with Gasteiger partial charge in [-0.15, -0.1) is 11.3 Å². The molecule has 0 bridgehead atoms. The first-order valence-electron chi connectivity index (χ1n) is 6.38. The predicted octanol–water partition coefficient (Wildman–Crippen LogP) is 3.48. The summed E-state index contributed by atoms with van der Waals surface area (Å²) in [5.74, 6) is -0.962. The third-order valence-corrected chi connectivity index (χ3v) is 8.11. The van der Waals surface area contributed by atoms with Crippen LogP contribution in [0.15, 0.2) is 14.1 Å². The summed E-state index contributed by atoms with van der Waals surface area (Å²) in [6.07, 6.45) is 2.19. The molecule has 0 radical (unpaired) electrons. The van der Waals surface area contributed by atoms with Crippen LogP contribution in [0.25, 0.3) is 0 Å². The zero-order chi connectivity index (χ0) is 15.8. The third-order valence-electron chi connectivity index (χ3n) is 3.62. The summed E-state index contributed by atoms with van der Waals surface area (Å²) < 4.78 is 27.8. The molecule has 9 heteroatoms. The molecule has 1 heterocycles. The molecule has 1 aromatic rings. The molecule has 118 valence electrons. The van der Waals surface area contributed by atoms with Gasteiger partial charge in [0, 0.05) is 0 Å². The van der Waals surface area contributed by atoms with E-state index in [1.807, 2.05) is 6.92 Å². The van der Waals surface area contributed by atoms with Gasteiger partial charge < -0.3 is 5.11 Å². The maximum absolute atomic E-state index is 12.4. The van der Waals surface area contributed by atoms with Crippen molar-refractivity contribution >= 4 is 54.9 Å². The number of sulfonamides is 1. The van der Waals surface area contributed by atoms with E-state index in [0.29, 0.717) is 28.1 Å². The zero-order valence-electron chi connectivity index (χ0n) is 11.2. The van der Waals surface area contributed by atoms with Crippen molar-refractivity contribution in [2.75, 3.05) is 0 Å². The highest BCUT2D eigenvalue weighted by atomic mass is 79.9. The summed E-state index contributed by atoms with van der Waals surface area (Å²) in [4.78, 5) is 11.6. The predicted molar refractivity (Wildman–Crippen MR) is 85.3 cm³/mol. The molecule has 0 spiro atoms. The average molecular weight is 417 g/mol. The summed E-state index contributed by atoms with van der Waals surface area (Å²) in [7, 11) is -3.92. The van der Waals surface area contributed by atoms with E-state index in [1.165, 1.54) is 6.07 Å². The van der Waals surface area contributed by atoms with Crippen molar-refractivity contribution in [1.29, 1.82) is 0 Å². The van der Waals surface area contributed by atoms with Crippen LogP contribution in [0, 0.1) is 5.92 Å². The fraction of sp³-hybridized carbons (Fsp3) is 0.583. The van der Waals surface area contributed by atoms with Crippen molar-refractivity contribution in [2.45, 2.75) is 42.4 Å². The molecule has 0 aliphatic heterocycles. The first kappa shape index (κ1) is 17.2. The van der Waals surface area contributed by atoms with Gasteiger partial charge in [0.25, 0.3) is 10.0 Å². The summed E-state index contributed by atoms with van der Waals surface area (Å²) >= 11 is 9.98. The van der Waals surface area contributed by atoms with Crippen molar-refractivity contribution < 1.29 is 18.3 Å². The van der Waals surface area contributed by atoms with E-state index in [-0.39, 0.29) is 10.1 Å². The number of carboxylic acid groups (broad SMARTS) is 1. The van der Waals surface area contributed by atoms with Gasteiger partial charge in [-0.3, -0.25) is 4.79 Å². The molecule has 0 saturated heterocycles. The molecule has 2 atom stereocenters. The van der Waals surface area contributed by atoms with E-state index in [9.17, 15) is 18.3 Å². The largest absolute Gasteiger partial charge is 0.480 e. The highest BCUT2D eigenvalue weighted by Crippen LogP contribution is 2.37. The standard InChI is InChI=1S/C12H15BrClNO4S2/c1-7-3-2-4-12(6-7,11(16)17)15-21(18,19)9-5-8(14)10(13)20-9/h5,7,15H,2-4,6H2,1H3,(H,16,17). The highest BCUT2D eigenvalue weighted by Gasteiger charge is 2.45. The van der Waals surface area contributed by atoms with Gasteiger partial charge in [-0.1, -0.05) is 31.4 Å². The number of nitrogens with one attached hydrogen (secondary N) is 1. The summed E-state index contributed by atoms with van der Waals surface area (Å²) in [5, 5.41) is 9.81. The molecule has 21 heavy (non-hydrogen) atoms. The van der Waals surface area contributed by atoms with Gasteiger partial charge in [-0.25, -0.2) is 8.42 Å². The number of carbonyl (C=O) groups is 1. The Labute approximate surface area is 140 Å². The lowest BCUT2D eigenvalue weighted by Gasteiger charge is -2.36. The molecule has 0 amide bonds. The molecular formula is C12H15BrClNO4S2.